The molecule has 2 N–H and O–H groups in total. The van der Waals surface area contributed by atoms with Gasteiger partial charge in [-0.3, -0.25) is 0 Å². The smallest absolute Gasteiger partial charge is 0.414 e. The van der Waals surface area contributed by atoms with Gasteiger partial charge in [0.1, 0.15) is 5.52 Å². The Hall–Kier alpha value is -1.89. The Balaban J connectivity index is 2.63. The number of halogens is 1. The van der Waals surface area contributed by atoms with Gasteiger partial charge in [-0.2, -0.15) is 0 Å². The maximum Gasteiger partial charge on any atom is 0.414 e. The average Bonchev–Trinajstić information content (AvgIpc) is 2.65. The standard InChI is InChI=1S/C12H13FN2O3S/c1-12(2,3)15(11(17)18)10-14-8-7(19-10)5-4-6(13)9(8)16/h4-5,16H,1-3H3,(H,17,18). The molecule has 0 fully saturated rings. The van der Waals surface area contributed by atoms with Crippen molar-refractivity contribution in [3.8, 4) is 5.75 Å². The summed E-state index contributed by atoms with van der Waals surface area (Å²) in [5.41, 5.74) is -0.607. The maximum atomic E-state index is 13.2. The van der Waals surface area contributed by atoms with E-state index in [9.17, 15) is 19.4 Å². The van der Waals surface area contributed by atoms with Crippen molar-refractivity contribution in [2.45, 2.75) is 26.3 Å². The molecule has 1 amide bonds. The van der Waals surface area contributed by atoms with Gasteiger partial charge in [0.15, 0.2) is 16.7 Å². The normalized spacial score (nSPS) is 11.8. The number of hydrogen-bond acceptors (Lipinski definition) is 4. The number of carbonyl (C=O) groups is 1. The summed E-state index contributed by atoms with van der Waals surface area (Å²) < 4.78 is 13.8. The molecule has 5 nitrogen and oxygen atoms in total. The van der Waals surface area contributed by atoms with Crippen molar-refractivity contribution in [1.29, 1.82) is 0 Å². The lowest BCUT2D eigenvalue weighted by Crippen LogP contribution is -2.45. The Labute approximate surface area is 112 Å². The molecule has 7 heteroatoms. The van der Waals surface area contributed by atoms with E-state index in [1.807, 2.05) is 0 Å². The quantitative estimate of drug-likeness (QED) is 0.841. The van der Waals surface area contributed by atoms with Crippen molar-refractivity contribution in [3.63, 3.8) is 0 Å². The minimum atomic E-state index is -1.15. The van der Waals surface area contributed by atoms with E-state index < -0.39 is 23.2 Å². The van der Waals surface area contributed by atoms with Gasteiger partial charge in [0.2, 0.25) is 0 Å². The van der Waals surface area contributed by atoms with Crippen LogP contribution in [0.4, 0.5) is 14.3 Å². The molecule has 19 heavy (non-hydrogen) atoms. The van der Waals surface area contributed by atoms with Crippen LogP contribution in [0, 0.1) is 5.82 Å². The fourth-order valence-electron chi connectivity index (χ4n) is 1.70. The van der Waals surface area contributed by atoms with Crippen LogP contribution in [0.2, 0.25) is 0 Å². The molecule has 0 saturated heterocycles. The summed E-state index contributed by atoms with van der Waals surface area (Å²) >= 11 is 1.09. The molecular formula is C12H13FN2O3S. The highest BCUT2D eigenvalue weighted by molar-refractivity contribution is 7.22. The highest BCUT2D eigenvalue weighted by Gasteiger charge is 2.31. The molecule has 2 rings (SSSR count). The summed E-state index contributed by atoms with van der Waals surface area (Å²) in [5, 5.41) is 19.1. The van der Waals surface area contributed by atoms with Crippen molar-refractivity contribution in [2.75, 3.05) is 4.90 Å². The first-order valence-electron chi connectivity index (χ1n) is 5.53. The highest BCUT2D eigenvalue weighted by atomic mass is 32.1. The summed E-state index contributed by atoms with van der Waals surface area (Å²) in [6, 6.07) is 2.59. The molecule has 0 aliphatic carbocycles. The Morgan fingerprint density at radius 1 is 1.42 bits per heavy atom. The van der Waals surface area contributed by atoms with E-state index in [0.717, 1.165) is 22.3 Å². The molecule has 0 aliphatic rings. The molecule has 1 aromatic heterocycles. The van der Waals surface area contributed by atoms with Crippen molar-refractivity contribution >= 4 is 32.8 Å². The number of rotatable bonds is 1. The van der Waals surface area contributed by atoms with Gasteiger partial charge in [-0.15, -0.1) is 0 Å². The molecule has 0 radical (unpaired) electrons. The predicted octanol–water partition coefficient (Wildman–Crippen LogP) is 3.42. The van der Waals surface area contributed by atoms with Crippen LogP contribution in [0.5, 0.6) is 5.75 Å². The van der Waals surface area contributed by atoms with Crippen LogP contribution in [0.25, 0.3) is 10.2 Å². The van der Waals surface area contributed by atoms with Crippen LogP contribution < -0.4 is 4.90 Å². The molecule has 1 heterocycles. The van der Waals surface area contributed by atoms with E-state index in [0.29, 0.717) is 4.70 Å². The fraction of sp³-hybridized carbons (Fsp3) is 0.333. The molecular weight excluding hydrogens is 271 g/mol. The summed E-state index contributed by atoms with van der Waals surface area (Å²) in [4.78, 5) is 16.5. The van der Waals surface area contributed by atoms with Crippen molar-refractivity contribution in [3.05, 3.63) is 17.9 Å². The lowest BCUT2D eigenvalue weighted by atomic mass is 10.1. The molecule has 2 aromatic rings. The van der Waals surface area contributed by atoms with E-state index in [1.54, 1.807) is 20.8 Å². The number of phenolic OH excluding ortho intramolecular Hbond substituents is 1. The molecule has 102 valence electrons. The van der Waals surface area contributed by atoms with Crippen molar-refractivity contribution < 1.29 is 19.4 Å². The first-order valence-corrected chi connectivity index (χ1v) is 6.34. The lowest BCUT2D eigenvalue weighted by Gasteiger charge is -2.30. The molecule has 0 aliphatic heterocycles. The van der Waals surface area contributed by atoms with Gasteiger partial charge in [0.25, 0.3) is 0 Å². The second-order valence-corrected chi connectivity index (χ2v) is 6.04. The van der Waals surface area contributed by atoms with Crippen LogP contribution in [0.15, 0.2) is 12.1 Å². The first kappa shape index (κ1) is 13.5. The van der Waals surface area contributed by atoms with Gasteiger partial charge in [-0.1, -0.05) is 11.3 Å². The van der Waals surface area contributed by atoms with Crippen LogP contribution >= 0.6 is 11.3 Å². The molecule has 0 atom stereocenters. The van der Waals surface area contributed by atoms with Gasteiger partial charge >= 0.3 is 6.09 Å². The number of benzene rings is 1. The Bertz CT molecular complexity index is 648. The van der Waals surface area contributed by atoms with E-state index in [4.69, 9.17) is 0 Å². The summed E-state index contributed by atoms with van der Waals surface area (Å²) in [6.45, 7) is 5.19. The van der Waals surface area contributed by atoms with Gasteiger partial charge < -0.3 is 10.2 Å². The van der Waals surface area contributed by atoms with Gasteiger partial charge in [-0.05, 0) is 32.9 Å². The molecule has 0 unspecified atom stereocenters. The number of fused-ring (bicyclic) bond motifs is 1. The SMILES string of the molecule is CC(C)(C)N(C(=O)O)c1nc2c(O)c(F)ccc2s1. The Morgan fingerprint density at radius 3 is 2.58 bits per heavy atom. The number of carboxylic acid groups (broad SMARTS) is 1. The van der Waals surface area contributed by atoms with E-state index in [2.05, 4.69) is 4.98 Å². The first-order chi connectivity index (χ1) is 8.71. The minimum absolute atomic E-state index is 0.0792. The highest BCUT2D eigenvalue weighted by Crippen LogP contribution is 2.37. The summed E-state index contributed by atoms with van der Waals surface area (Å²) in [7, 11) is 0. The molecule has 1 aromatic carbocycles. The third kappa shape index (κ3) is 2.33. The van der Waals surface area contributed by atoms with E-state index in [1.165, 1.54) is 6.07 Å². The number of hydrogen-bond donors (Lipinski definition) is 2. The van der Waals surface area contributed by atoms with Gasteiger partial charge in [-0.25, -0.2) is 19.1 Å². The van der Waals surface area contributed by atoms with Crippen LogP contribution in [-0.4, -0.2) is 26.8 Å². The Kier molecular flexibility index (Phi) is 3.09. The second kappa shape index (κ2) is 4.34. The third-order valence-electron chi connectivity index (χ3n) is 2.53. The maximum absolute atomic E-state index is 13.2. The molecule has 0 saturated carbocycles. The largest absolute Gasteiger partial charge is 0.503 e. The van der Waals surface area contributed by atoms with Crippen molar-refractivity contribution in [1.82, 2.24) is 4.98 Å². The number of aromatic hydroxyl groups is 1. The monoisotopic (exact) mass is 284 g/mol. The van der Waals surface area contributed by atoms with Crippen molar-refractivity contribution in [2.24, 2.45) is 0 Å². The lowest BCUT2D eigenvalue weighted by molar-refractivity contribution is 0.195. The molecule has 0 bridgehead atoms. The zero-order valence-corrected chi connectivity index (χ0v) is 11.5. The van der Waals surface area contributed by atoms with Crippen LogP contribution in [-0.2, 0) is 0 Å². The van der Waals surface area contributed by atoms with Gasteiger partial charge in [0.05, 0.1) is 4.70 Å². The summed E-state index contributed by atoms with van der Waals surface area (Å²) in [5.74, 6) is -1.33. The number of phenols is 1. The molecule has 0 spiro atoms. The number of nitrogens with zero attached hydrogens (tertiary/aromatic N) is 2. The Morgan fingerprint density at radius 2 is 2.05 bits per heavy atom. The third-order valence-corrected chi connectivity index (χ3v) is 3.53. The fourth-order valence-corrected chi connectivity index (χ4v) is 2.85. The van der Waals surface area contributed by atoms with Gasteiger partial charge in [0, 0.05) is 5.54 Å². The van der Waals surface area contributed by atoms with Crippen LogP contribution in [0.1, 0.15) is 20.8 Å². The number of aromatic nitrogens is 1. The second-order valence-electron chi connectivity index (χ2n) is 5.03. The predicted molar refractivity (Wildman–Crippen MR) is 71.5 cm³/mol. The zero-order chi connectivity index (χ0) is 14.4. The number of thiazole rings is 1. The number of amides is 1. The average molecular weight is 284 g/mol. The van der Waals surface area contributed by atoms with E-state index in [-0.39, 0.29) is 10.6 Å². The van der Waals surface area contributed by atoms with E-state index >= 15 is 0 Å². The number of anilines is 1. The topological polar surface area (TPSA) is 73.7 Å². The minimum Gasteiger partial charge on any atom is -0.503 e. The summed E-state index contributed by atoms with van der Waals surface area (Å²) in [6.07, 6.45) is -1.15. The van der Waals surface area contributed by atoms with Crippen LogP contribution in [0.3, 0.4) is 0 Å². The zero-order valence-electron chi connectivity index (χ0n) is 10.6.